The summed E-state index contributed by atoms with van der Waals surface area (Å²) in [4.78, 5) is 0. The molecule has 0 spiro atoms. The molecule has 0 atom stereocenters. The summed E-state index contributed by atoms with van der Waals surface area (Å²) in [6, 6.07) is 15.4. The van der Waals surface area contributed by atoms with Crippen molar-refractivity contribution in [3.05, 3.63) is 54.1 Å². The molecule has 0 saturated heterocycles. The summed E-state index contributed by atoms with van der Waals surface area (Å²) in [6.07, 6.45) is 5.38. The van der Waals surface area contributed by atoms with Gasteiger partial charge in [0, 0.05) is 17.8 Å². The van der Waals surface area contributed by atoms with Crippen LogP contribution >= 0.6 is 0 Å². The number of anilines is 1. The first-order valence-electron chi connectivity index (χ1n) is 6.98. The fourth-order valence-corrected chi connectivity index (χ4v) is 1.92. The molecule has 2 aromatic carbocycles. The van der Waals surface area contributed by atoms with Gasteiger partial charge in [-0.25, -0.2) is 0 Å². The lowest BCUT2D eigenvalue weighted by Gasteiger charge is -2.12. The molecule has 21 heavy (non-hydrogen) atoms. The van der Waals surface area contributed by atoms with Crippen molar-refractivity contribution in [3.8, 4) is 23.8 Å². The van der Waals surface area contributed by atoms with E-state index in [-0.39, 0.29) is 0 Å². The van der Waals surface area contributed by atoms with E-state index >= 15 is 0 Å². The number of hydrogen-bond donors (Lipinski definition) is 1. The van der Waals surface area contributed by atoms with Crippen molar-refractivity contribution in [1.82, 2.24) is 0 Å². The number of benzene rings is 2. The second-order valence-electron chi connectivity index (χ2n) is 4.38. The fraction of sp³-hybridized carbons (Fsp3) is 0.222. The zero-order valence-corrected chi connectivity index (χ0v) is 12.1. The molecule has 0 fully saturated rings. The van der Waals surface area contributed by atoms with Gasteiger partial charge in [0.05, 0.1) is 6.61 Å². The maximum absolute atomic E-state index is 5.74. The second kappa shape index (κ2) is 7.86. The van der Waals surface area contributed by atoms with E-state index < -0.39 is 0 Å². The molecule has 2 rings (SSSR count). The van der Waals surface area contributed by atoms with Gasteiger partial charge in [0.1, 0.15) is 6.61 Å². The third-order valence-corrected chi connectivity index (χ3v) is 2.87. The van der Waals surface area contributed by atoms with E-state index in [2.05, 4.69) is 11.2 Å². The van der Waals surface area contributed by atoms with Crippen LogP contribution in [0.15, 0.2) is 48.5 Å². The number of hydrogen-bond acceptors (Lipinski definition) is 3. The quantitative estimate of drug-likeness (QED) is 0.622. The highest BCUT2D eigenvalue weighted by Gasteiger charge is 2.02. The van der Waals surface area contributed by atoms with Gasteiger partial charge >= 0.3 is 0 Å². The molecule has 1 N–H and O–H groups in total. The topological polar surface area (TPSA) is 30.5 Å². The summed E-state index contributed by atoms with van der Waals surface area (Å²) in [5, 5.41) is 3.28. The van der Waals surface area contributed by atoms with Gasteiger partial charge < -0.3 is 14.8 Å². The van der Waals surface area contributed by atoms with Gasteiger partial charge in [0.15, 0.2) is 11.5 Å². The van der Waals surface area contributed by atoms with Crippen molar-refractivity contribution in [2.24, 2.45) is 0 Å². The lowest BCUT2D eigenvalue weighted by Crippen LogP contribution is -2.12. The molecule has 0 aliphatic carbocycles. The zero-order chi connectivity index (χ0) is 14.9. The van der Waals surface area contributed by atoms with E-state index in [0.29, 0.717) is 19.8 Å². The Hall–Kier alpha value is -2.60. The largest absolute Gasteiger partial charge is 0.490 e. The Morgan fingerprint density at radius 3 is 2.52 bits per heavy atom. The predicted octanol–water partition coefficient (Wildman–Crippen LogP) is 3.56. The molecule has 0 heterocycles. The first-order valence-corrected chi connectivity index (χ1v) is 6.98. The highest BCUT2D eigenvalue weighted by atomic mass is 16.5. The first kappa shape index (κ1) is 14.8. The third kappa shape index (κ3) is 4.47. The van der Waals surface area contributed by atoms with Crippen molar-refractivity contribution >= 4 is 5.69 Å². The molecule has 0 aromatic heterocycles. The summed E-state index contributed by atoms with van der Waals surface area (Å²) in [5.41, 5.74) is 1.86. The third-order valence-electron chi connectivity index (χ3n) is 2.87. The molecular formula is C18H19NO2. The van der Waals surface area contributed by atoms with Gasteiger partial charge in [0.25, 0.3) is 0 Å². The minimum absolute atomic E-state index is 0.546. The van der Waals surface area contributed by atoms with Crippen LogP contribution in [0.1, 0.15) is 12.5 Å². The normalized spacial score (nSPS) is 9.71. The lowest BCUT2D eigenvalue weighted by atomic mass is 10.2. The van der Waals surface area contributed by atoms with Gasteiger partial charge in [-0.05, 0) is 37.3 Å². The fourth-order valence-electron chi connectivity index (χ4n) is 1.92. The van der Waals surface area contributed by atoms with E-state index in [1.54, 1.807) is 0 Å². The van der Waals surface area contributed by atoms with Crippen molar-refractivity contribution < 1.29 is 9.47 Å². The summed E-state index contributed by atoms with van der Waals surface area (Å²) in [7, 11) is 0. The first-order chi connectivity index (χ1) is 10.3. The van der Waals surface area contributed by atoms with Gasteiger partial charge in [-0.3, -0.25) is 0 Å². The smallest absolute Gasteiger partial charge is 0.161 e. The molecule has 2 aromatic rings. The summed E-state index contributed by atoms with van der Waals surface area (Å²) < 4.78 is 11.3. The lowest BCUT2D eigenvalue weighted by molar-refractivity contribution is 0.284. The minimum Gasteiger partial charge on any atom is -0.490 e. The molecule has 0 unspecified atom stereocenters. The zero-order valence-electron chi connectivity index (χ0n) is 12.1. The van der Waals surface area contributed by atoms with Crippen LogP contribution in [0.5, 0.6) is 11.5 Å². The number of para-hydroxylation sites is 2. The molecule has 3 heteroatoms. The van der Waals surface area contributed by atoms with E-state index in [9.17, 15) is 0 Å². The van der Waals surface area contributed by atoms with Crippen molar-refractivity contribution in [2.45, 2.75) is 6.92 Å². The summed E-state index contributed by atoms with van der Waals surface area (Å²) in [5.74, 6) is 4.15. The predicted molar refractivity (Wildman–Crippen MR) is 86.0 cm³/mol. The number of ether oxygens (including phenoxy) is 2. The Morgan fingerprint density at radius 1 is 1.05 bits per heavy atom. The van der Waals surface area contributed by atoms with Crippen LogP contribution in [-0.4, -0.2) is 19.8 Å². The molecule has 0 amide bonds. The van der Waals surface area contributed by atoms with Crippen molar-refractivity contribution in [3.63, 3.8) is 0 Å². The van der Waals surface area contributed by atoms with E-state index in [4.69, 9.17) is 15.9 Å². The molecule has 0 saturated carbocycles. The Labute approximate surface area is 125 Å². The summed E-state index contributed by atoms with van der Waals surface area (Å²) >= 11 is 0. The number of rotatable bonds is 7. The summed E-state index contributed by atoms with van der Waals surface area (Å²) in [6.45, 7) is 3.81. The van der Waals surface area contributed by atoms with Gasteiger partial charge in [0.2, 0.25) is 0 Å². The van der Waals surface area contributed by atoms with Crippen molar-refractivity contribution in [1.29, 1.82) is 0 Å². The van der Waals surface area contributed by atoms with Gasteiger partial charge in [-0.2, -0.15) is 0 Å². The molecule has 0 aliphatic rings. The van der Waals surface area contributed by atoms with Crippen LogP contribution in [0.4, 0.5) is 5.69 Å². The van der Waals surface area contributed by atoms with Crippen LogP contribution in [0.2, 0.25) is 0 Å². The maximum Gasteiger partial charge on any atom is 0.161 e. The van der Waals surface area contributed by atoms with Crippen LogP contribution in [0, 0.1) is 12.3 Å². The highest BCUT2D eigenvalue weighted by molar-refractivity contribution is 5.50. The minimum atomic E-state index is 0.546. The van der Waals surface area contributed by atoms with E-state index in [0.717, 1.165) is 22.7 Å². The average molecular weight is 281 g/mol. The Balaban J connectivity index is 1.83. The number of terminal acetylenes is 1. The average Bonchev–Trinajstić information content (AvgIpc) is 2.53. The monoisotopic (exact) mass is 281 g/mol. The van der Waals surface area contributed by atoms with Crippen LogP contribution in [-0.2, 0) is 0 Å². The Morgan fingerprint density at radius 2 is 1.81 bits per heavy atom. The van der Waals surface area contributed by atoms with Crippen LogP contribution in [0.3, 0.4) is 0 Å². The van der Waals surface area contributed by atoms with E-state index in [1.807, 2.05) is 55.5 Å². The van der Waals surface area contributed by atoms with Crippen LogP contribution < -0.4 is 14.8 Å². The van der Waals surface area contributed by atoms with Crippen LogP contribution in [0.25, 0.3) is 0 Å². The maximum atomic E-state index is 5.74. The van der Waals surface area contributed by atoms with Crippen molar-refractivity contribution in [2.75, 3.05) is 25.1 Å². The van der Waals surface area contributed by atoms with E-state index in [1.165, 1.54) is 0 Å². The standard InChI is InChI=1S/C18H19NO2/c1-3-15-8-7-9-16(14-15)19-12-13-21-18-11-6-5-10-17(18)20-4-2/h1,5-11,14,19H,4,12-13H2,2H3. The molecule has 0 bridgehead atoms. The van der Waals surface area contributed by atoms with Gasteiger partial charge in [-0.15, -0.1) is 6.42 Å². The highest BCUT2D eigenvalue weighted by Crippen LogP contribution is 2.26. The molecule has 0 radical (unpaired) electrons. The molecule has 3 nitrogen and oxygen atoms in total. The van der Waals surface area contributed by atoms with Gasteiger partial charge in [-0.1, -0.05) is 24.1 Å². The Kier molecular flexibility index (Phi) is 5.54. The SMILES string of the molecule is C#Cc1cccc(NCCOc2ccccc2OCC)c1. The number of nitrogens with one attached hydrogen (secondary N) is 1. The Bertz CT molecular complexity index is 617. The molecule has 0 aliphatic heterocycles. The molecule has 108 valence electrons. The second-order valence-corrected chi connectivity index (χ2v) is 4.38. The molecular weight excluding hydrogens is 262 g/mol.